The number of methoxy groups -OCH3 is 1. The molecular formula is C15H22ClNO2. The predicted octanol–water partition coefficient (Wildman–Crippen LogP) is 3.15. The van der Waals surface area contributed by atoms with Gasteiger partial charge in [-0.15, -0.1) is 11.6 Å². The Morgan fingerprint density at radius 2 is 1.95 bits per heavy atom. The molecular weight excluding hydrogens is 262 g/mol. The molecule has 1 rings (SSSR count). The number of carbonyl (C=O) groups excluding carboxylic acids is 1. The van der Waals surface area contributed by atoms with Gasteiger partial charge >= 0.3 is 0 Å². The van der Waals surface area contributed by atoms with Gasteiger partial charge in [0.1, 0.15) is 5.75 Å². The van der Waals surface area contributed by atoms with Gasteiger partial charge in [0, 0.05) is 18.8 Å². The molecule has 0 saturated heterocycles. The van der Waals surface area contributed by atoms with Crippen molar-refractivity contribution in [1.29, 1.82) is 0 Å². The smallest absolute Gasteiger partial charge is 0.220 e. The van der Waals surface area contributed by atoms with Crippen LogP contribution >= 0.6 is 11.6 Å². The van der Waals surface area contributed by atoms with E-state index in [1.165, 1.54) is 0 Å². The van der Waals surface area contributed by atoms with Crippen LogP contribution in [0, 0.1) is 0 Å². The number of benzene rings is 1. The van der Waals surface area contributed by atoms with Crippen LogP contribution in [0.3, 0.4) is 0 Å². The van der Waals surface area contributed by atoms with Crippen molar-refractivity contribution >= 4 is 17.5 Å². The summed E-state index contributed by atoms with van der Waals surface area (Å²) >= 11 is 5.59. The maximum Gasteiger partial charge on any atom is 0.220 e. The van der Waals surface area contributed by atoms with Crippen molar-refractivity contribution in [3.63, 3.8) is 0 Å². The first-order valence-corrected chi connectivity index (χ1v) is 7.25. The maximum atomic E-state index is 11.6. The number of amides is 1. The highest BCUT2D eigenvalue weighted by molar-refractivity contribution is 6.17. The second-order valence-electron chi connectivity index (χ2n) is 4.45. The Hall–Kier alpha value is -1.22. The predicted molar refractivity (Wildman–Crippen MR) is 78.9 cm³/mol. The molecule has 1 aromatic carbocycles. The quantitative estimate of drug-likeness (QED) is 0.558. The molecule has 0 fully saturated rings. The maximum absolute atomic E-state index is 11.6. The Morgan fingerprint density at radius 1 is 1.21 bits per heavy atom. The van der Waals surface area contributed by atoms with Crippen molar-refractivity contribution in [3.8, 4) is 5.75 Å². The Kier molecular flexibility index (Phi) is 8.07. The molecule has 3 nitrogen and oxygen atoms in total. The molecule has 0 aromatic heterocycles. The molecule has 0 aliphatic heterocycles. The summed E-state index contributed by atoms with van der Waals surface area (Å²) in [5.41, 5.74) is 1.15. The van der Waals surface area contributed by atoms with Gasteiger partial charge in [0.25, 0.3) is 0 Å². The summed E-state index contributed by atoms with van der Waals surface area (Å²) in [5.74, 6) is 1.65. The number of halogens is 1. The van der Waals surface area contributed by atoms with Crippen molar-refractivity contribution in [3.05, 3.63) is 29.8 Å². The van der Waals surface area contributed by atoms with E-state index in [1.807, 2.05) is 24.3 Å². The Morgan fingerprint density at radius 3 is 2.58 bits per heavy atom. The fraction of sp³-hybridized carbons (Fsp3) is 0.533. The topological polar surface area (TPSA) is 38.3 Å². The van der Waals surface area contributed by atoms with Gasteiger partial charge in [-0.25, -0.2) is 0 Å². The normalized spacial score (nSPS) is 10.2. The molecule has 106 valence electrons. The second kappa shape index (κ2) is 9.68. The third kappa shape index (κ3) is 7.06. The van der Waals surface area contributed by atoms with Gasteiger partial charge in [0.2, 0.25) is 5.91 Å². The molecule has 4 heteroatoms. The number of rotatable bonds is 9. The second-order valence-corrected chi connectivity index (χ2v) is 4.83. The Labute approximate surface area is 120 Å². The van der Waals surface area contributed by atoms with Crippen LogP contribution in [0.15, 0.2) is 24.3 Å². The lowest BCUT2D eigenvalue weighted by molar-refractivity contribution is -0.121. The monoisotopic (exact) mass is 283 g/mol. The summed E-state index contributed by atoms with van der Waals surface area (Å²) in [6.45, 7) is 0.748. The molecule has 0 atom stereocenters. The molecule has 0 heterocycles. The summed E-state index contributed by atoms with van der Waals surface area (Å²) in [5, 5.41) is 2.93. The van der Waals surface area contributed by atoms with Crippen LogP contribution in [-0.4, -0.2) is 25.4 Å². The van der Waals surface area contributed by atoms with Crippen LogP contribution in [0.2, 0.25) is 0 Å². The van der Waals surface area contributed by atoms with Crippen LogP contribution in [0.25, 0.3) is 0 Å². The van der Waals surface area contributed by atoms with Gasteiger partial charge in [-0.3, -0.25) is 4.79 Å². The highest BCUT2D eigenvalue weighted by Gasteiger charge is 2.02. The van der Waals surface area contributed by atoms with E-state index < -0.39 is 0 Å². The SMILES string of the molecule is COc1ccc(CCC(=O)NCCCCCCl)cc1. The van der Waals surface area contributed by atoms with E-state index in [9.17, 15) is 4.79 Å². The van der Waals surface area contributed by atoms with E-state index in [4.69, 9.17) is 16.3 Å². The zero-order valence-corrected chi connectivity index (χ0v) is 12.2. The standard InChI is InChI=1S/C15H22ClNO2/c1-19-14-8-5-13(6-9-14)7-10-15(18)17-12-4-2-3-11-16/h5-6,8-9H,2-4,7,10-12H2,1H3,(H,17,18). The molecule has 1 amide bonds. The molecule has 1 aromatic rings. The largest absolute Gasteiger partial charge is 0.497 e. The molecule has 0 radical (unpaired) electrons. The number of carbonyl (C=O) groups is 1. The van der Waals surface area contributed by atoms with Crippen molar-refractivity contribution in [2.45, 2.75) is 32.1 Å². The summed E-state index contributed by atoms with van der Waals surface area (Å²) < 4.78 is 5.09. The van der Waals surface area contributed by atoms with Crippen molar-refractivity contribution in [2.24, 2.45) is 0 Å². The van der Waals surface area contributed by atoms with Crippen molar-refractivity contribution < 1.29 is 9.53 Å². The molecule has 19 heavy (non-hydrogen) atoms. The first-order valence-electron chi connectivity index (χ1n) is 6.72. The molecule has 0 aliphatic carbocycles. The van der Waals surface area contributed by atoms with Crippen LogP contribution < -0.4 is 10.1 Å². The lowest BCUT2D eigenvalue weighted by atomic mass is 10.1. The first-order chi connectivity index (χ1) is 9.26. The van der Waals surface area contributed by atoms with Crippen LogP contribution in [0.1, 0.15) is 31.2 Å². The first kappa shape index (κ1) is 15.8. The number of hydrogen-bond donors (Lipinski definition) is 1. The third-order valence-electron chi connectivity index (χ3n) is 2.93. The zero-order valence-electron chi connectivity index (χ0n) is 11.5. The van der Waals surface area contributed by atoms with Gasteiger partial charge in [-0.05, 0) is 37.0 Å². The number of hydrogen-bond acceptors (Lipinski definition) is 2. The number of nitrogens with one attached hydrogen (secondary N) is 1. The lowest BCUT2D eigenvalue weighted by Gasteiger charge is -2.05. The van der Waals surface area contributed by atoms with Gasteiger partial charge < -0.3 is 10.1 Å². The van der Waals surface area contributed by atoms with Crippen molar-refractivity contribution in [2.75, 3.05) is 19.5 Å². The van der Waals surface area contributed by atoms with Gasteiger partial charge in [-0.2, -0.15) is 0 Å². The van der Waals surface area contributed by atoms with E-state index in [1.54, 1.807) is 7.11 Å². The van der Waals surface area contributed by atoms with E-state index in [2.05, 4.69) is 5.32 Å². The van der Waals surface area contributed by atoms with Crippen LogP contribution in [-0.2, 0) is 11.2 Å². The van der Waals surface area contributed by atoms with E-state index in [0.717, 1.165) is 43.5 Å². The van der Waals surface area contributed by atoms with E-state index in [0.29, 0.717) is 12.3 Å². The van der Waals surface area contributed by atoms with Gasteiger partial charge in [0.05, 0.1) is 7.11 Å². The average molecular weight is 284 g/mol. The number of aryl methyl sites for hydroxylation is 1. The third-order valence-corrected chi connectivity index (χ3v) is 3.20. The zero-order chi connectivity index (χ0) is 13.9. The summed E-state index contributed by atoms with van der Waals surface area (Å²) in [6.07, 6.45) is 4.38. The van der Waals surface area contributed by atoms with Gasteiger partial charge in [0.15, 0.2) is 0 Å². The summed E-state index contributed by atoms with van der Waals surface area (Å²) in [6, 6.07) is 7.82. The molecule has 1 N–H and O–H groups in total. The number of ether oxygens (including phenoxy) is 1. The molecule has 0 aliphatic rings. The Balaban J connectivity index is 2.15. The molecule has 0 spiro atoms. The number of alkyl halides is 1. The molecule has 0 saturated carbocycles. The molecule has 0 unspecified atom stereocenters. The minimum absolute atomic E-state index is 0.113. The van der Waals surface area contributed by atoms with Crippen LogP contribution in [0.4, 0.5) is 0 Å². The fourth-order valence-corrected chi connectivity index (χ4v) is 1.95. The highest BCUT2D eigenvalue weighted by Crippen LogP contribution is 2.12. The average Bonchev–Trinajstić information content (AvgIpc) is 2.45. The lowest BCUT2D eigenvalue weighted by Crippen LogP contribution is -2.24. The van der Waals surface area contributed by atoms with E-state index in [-0.39, 0.29) is 5.91 Å². The number of unbranched alkanes of at least 4 members (excludes halogenated alkanes) is 2. The fourth-order valence-electron chi connectivity index (χ4n) is 1.76. The van der Waals surface area contributed by atoms with E-state index >= 15 is 0 Å². The summed E-state index contributed by atoms with van der Waals surface area (Å²) in [4.78, 5) is 11.6. The van der Waals surface area contributed by atoms with Crippen LogP contribution in [0.5, 0.6) is 5.75 Å². The summed E-state index contributed by atoms with van der Waals surface area (Å²) in [7, 11) is 1.65. The highest BCUT2D eigenvalue weighted by atomic mass is 35.5. The molecule has 0 bridgehead atoms. The minimum atomic E-state index is 0.113. The Bertz CT molecular complexity index is 365. The van der Waals surface area contributed by atoms with Gasteiger partial charge in [-0.1, -0.05) is 18.6 Å². The minimum Gasteiger partial charge on any atom is -0.497 e. The van der Waals surface area contributed by atoms with Crippen molar-refractivity contribution in [1.82, 2.24) is 5.32 Å².